The second-order valence-electron chi connectivity index (χ2n) is 5.92. The van der Waals surface area contributed by atoms with Crippen LogP contribution in [0.2, 0.25) is 5.02 Å². The highest BCUT2D eigenvalue weighted by molar-refractivity contribution is 6.31. The van der Waals surface area contributed by atoms with Crippen LogP contribution in [0.3, 0.4) is 0 Å². The molecule has 0 fully saturated rings. The summed E-state index contributed by atoms with van der Waals surface area (Å²) in [6.07, 6.45) is 0.621. The van der Waals surface area contributed by atoms with Gasteiger partial charge in [0.1, 0.15) is 5.82 Å². The Kier molecular flexibility index (Phi) is 7.16. The van der Waals surface area contributed by atoms with E-state index in [0.29, 0.717) is 0 Å². The monoisotopic (exact) mass is 377 g/mol. The van der Waals surface area contributed by atoms with Gasteiger partial charge in [0.05, 0.1) is 12.5 Å². The molecular formula is C20H21ClFNO3. The molecule has 26 heavy (non-hydrogen) atoms. The summed E-state index contributed by atoms with van der Waals surface area (Å²) in [6.45, 7) is 3.49. The summed E-state index contributed by atoms with van der Waals surface area (Å²) in [5.41, 5.74) is 2.23. The SMILES string of the molecule is CCc1ccc([C@@H](C)NC(=O)COC(=O)Cc2c(F)cccc2Cl)cc1. The Morgan fingerprint density at radius 2 is 1.88 bits per heavy atom. The number of nitrogens with one attached hydrogen (secondary N) is 1. The predicted molar refractivity (Wildman–Crippen MR) is 98.5 cm³/mol. The van der Waals surface area contributed by atoms with Crippen molar-refractivity contribution < 1.29 is 18.7 Å². The van der Waals surface area contributed by atoms with Crippen molar-refractivity contribution in [2.24, 2.45) is 0 Å². The molecule has 0 aromatic heterocycles. The summed E-state index contributed by atoms with van der Waals surface area (Å²) < 4.78 is 18.6. The second-order valence-corrected chi connectivity index (χ2v) is 6.33. The van der Waals surface area contributed by atoms with Gasteiger partial charge in [-0.25, -0.2) is 4.39 Å². The minimum atomic E-state index is -0.716. The molecular weight excluding hydrogens is 357 g/mol. The van der Waals surface area contributed by atoms with Gasteiger partial charge in [0.25, 0.3) is 5.91 Å². The molecule has 0 heterocycles. The first-order valence-electron chi connectivity index (χ1n) is 8.37. The first kappa shape index (κ1) is 19.9. The van der Waals surface area contributed by atoms with Crippen molar-refractivity contribution in [3.63, 3.8) is 0 Å². The highest BCUT2D eigenvalue weighted by Gasteiger charge is 2.15. The van der Waals surface area contributed by atoms with Crippen LogP contribution in [0.4, 0.5) is 4.39 Å². The number of aryl methyl sites for hydroxylation is 1. The normalized spacial score (nSPS) is 11.7. The molecule has 4 nitrogen and oxygen atoms in total. The molecule has 0 spiro atoms. The van der Waals surface area contributed by atoms with Crippen LogP contribution in [0, 0.1) is 5.82 Å². The number of rotatable bonds is 7. The number of esters is 1. The maximum atomic E-state index is 13.7. The molecule has 2 aromatic rings. The Morgan fingerprint density at radius 1 is 1.19 bits per heavy atom. The number of ether oxygens (including phenoxy) is 1. The Balaban J connectivity index is 1.83. The molecule has 0 radical (unpaired) electrons. The van der Waals surface area contributed by atoms with Gasteiger partial charge >= 0.3 is 5.97 Å². The molecule has 2 rings (SSSR count). The molecule has 1 N–H and O–H groups in total. The van der Waals surface area contributed by atoms with Crippen molar-refractivity contribution >= 4 is 23.5 Å². The molecule has 0 aliphatic rings. The van der Waals surface area contributed by atoms with Gasteiger partial charge in [0, 0.05) is 10.6 Å². The van der Waals surface area contributed by atoms with Crippen molar-refractivity contribution in [3.8, 4) is 0 Å². The number of carbonyl (C=O) groups is 2. The van der Waals surface area contributed by atoms with Gasteiger partial charge in [-0.05, 0) is 36.6 Å². The van der Waals surface area contributed by atoms with Crippen molar-refractivity contribution in [2.75, 3.05) is 6.61 Å². The van der Waals surface area contributed by atoms with E-state index in [1.54, 1.807) is 0 Å². The van der Waals surface area contributed by atoms with E-state index in [9.17, 15) is 14.0 Å². The van der Waals surface area contributed by atoms with E-state index < -0.39 is 24.3 Å². The number of benzene rings is 2. The highest BCUT2D eigenvalue weighted by atomic mass is 35.5. The van der Waals surface area contributed by atoms with Gasteiger partial charge in [0.15, 0.2) is 6.61 Å². The summed E-state index contributed by atoms with van der Waals surface area (Å²) >= 11 is 5.87. The molecule has 0 aliphatic heterocycles. The number of amides is 1. The Morgan fingerprint density at radius 3 is 2.50 bits per heavy atom. The number of halogens is 2. The smallest absolute Gasteiger partial charge is 0.310 e. The predicted octanol–water partition coefficient (Wildman–Crippen LogP) is 4.00. The van der Waals surface area contributed by atoms with E-state index in [-0.39, 0.29) is 23.0 Å². The molecule has 0 bridgehead atoms. The van der Waals surface area contributed by atoms with Crippen LogP contribution >= 0.6 is 11.6 Å². The lowest BCUT2D eigenvalue weighted by Gasteiger charge is -2.15. The van der Waals surface area contributed by atoms with E-state index >= 15 is 0 Å². The van der Waals surface area contributed by atoms with Gasteiger partial charge in [-0.2, -0.15) is 0 Å². The maximum Gasteiger partial charge on any atom is 0.310 e. The van der Waals surface area contributed by atoms with Crippen molar-refractivity contribution in [1.29, 1.82) is 0 Å². The molecule has 0 saturated heterocycles. The van der Waals surface area contributed by atoms with Crippen LogP contribution in [-0.2, 0) is 27.2 Å². The quantitative estimate of drug-likeness (QED) is 0.742. The molecule has 1 amide bonds. The van der Waals surface area contributed by atoms with Gasteiger partial charge in [-0.1, -0.05) is 48.9 Å². The lowest BCUT2D eigenvalue weighted by Crippen LogP contribution is -2.31. The van der Waals surface area contributed by atoms with Crippen LogP contribution in [0.5, 0.6) is 0 Å². The molecule has 0 aliphatic carbocycles. The zero-order valence-electron chi connectivity index (χ0n) is 14.7. The van der Waals surface area contributed by atoms with Crippen molar-refractivity contribution in [1.82, 2.24) is 5.32 Å². The summed E-state index contributed by atoms with van der Waals surface area (Å²) in [5, 5.41) is 2.91. The van der Waals surface area contributed by atoms with Gasteiger partial charge in [-0.3, -0.25) is 9.59 Å². The van der Waals surface area contributed by atoms with Gasteiger partial charge in [-0.15, -0.1) is 0 Å². The number of carbonyl (C=O) groups excluding carboxylic acids is 2. The Labute approximate surface area is 157 Å². The molecule has 2 aromatic carbocycles. The minimum absolute atomic E-state index is 0.0592. The van der Waals surface area contributed by atoms with Crippen molar-refractivity contribution in [2.45, 2.75) is 32.7 Å². The summed E-state index contributed by atoms with van der Waals surface area (Å²) in [4.78, 5) is 23.8. The number of hydrogen-bond acceptors (Lipinski definition) is 3. The van der Waals surface area contributed by atoms with Gasteiger partial charge < -0.3 is 10.1 Å². The average molecular weight is 378 g/mol. The maximum absolute atomic E-state index is 13.7. The Hall–Kier alpha value is -2.40. The van der Waals surface area contributed by atoms with Gasteiger partial charge in [0.2, 0.25) is 0 Å². The Bertz CT molecular complexity index is 757. The van der Waals surface area contributed by atoms with Crippen LogP contribution in [-0.4, -0.2) is 18.5 Å². The van der Waals surface area contributed by atoms with E-state index in [1.807, 2.05) is 31.2 Å². The largest absolute Gasteiger partial charge is 0.455 e. The standard InChI is InChI=1S/C20H21ClFNO3/c1-3-14-7-9-15(10-8-14)13(2)23-19(24)12-26-20(25)11-16-17(21)5-4-6-18(16)22/h4-10,13H,3,11-12H2,1-2H3,(H,23,24)/t13-/m1/s1. The fourth-order valence-corrected chi connectivity index (χ4v) is 2.68. The fourth-order valence-electron chi connectivity index (χ4n) is 2.45. The number of hydrogen-bond donors (Lipinski definition) is 1. The van der Waals surface area contributed by atoms with Crippen LogP contribution < -0.4 is 5.32 Å². The molecule has 138 valence electrons. The van der Waals surface area contributed by atoms with Crippen LogP contribution in [0.15, 0.2) is 42.5 Å². The summed E-state index contributed by atoms with van der Waals surface area (Å²) in [5.74, 6) is -1.72. The van der Waals surface area contributed by atoms with Crippen LogP contribution in [0.1, 0.15) is 36.6 Å². The zero-order valence-corrected chi connectivity index (χ0v) is 15.5. The topological polar surface area (TPSA) is 55.4 Å². The summed E-state index contributed by atoms with van der Waals surface area (Å²) in [6, 6.07) is 11.9. The second kappa shape index (κ2) is 9.34. The molecule has 0 saturated carbocycles. The minimum Gasteiger partial charge on any atom is -0.455 e. The molecule has 1 atom stereocenters. The summed E-state index contributed by atoms with van der Waals surface area (Å²) in [7, 11) is 0. The van der Waals surface area contributed by atoms with E-state index in [4.69, 9.17) is 16.3 Å². The highest BCUT2D eigenvalue weighted by Crippen LogP contribution is 2.19. The van der Waals surface area contributed by atoms with E-state index in [2.05, 4.69) is 12.2 Å². The zero-order chi connectivity index (χ0) is 19.1. The molecule has 0 unspecified atom stereocenters. The first-order chi connectivity index (χ1) is 12.4. The fraction of sp³-hybridized carbons (Fsp3) is 0.300. The third-order valence-corrected chi connectivity index (χ3v) is 4.37. The lowest BCUT2D eigenvalue weighted by atomic mass is 10.1. The molecule has 6 heteroatoms. The average Bonchev–Trinajstić information content (AvgIpc) is 2.63. The van der Waals surface area contributed by atoms with Crippen LogP contribution in [0.25, 0.3) is 0 Å². The third-order valence-electron chi connectivity index (χ3n) is 4.01. The lowest BCUT2D eigenvalue weighted by molar-refractivity contribution is -0.148. The third kappa shape index (κ3) is 5.56. The first-order valence-corrected chi connectivity index (χ1v) is 8.75. The van der Waals surface area contributed by atoms with Crippen molar-refractivity contribution in [3.05, 3.63) is 70.0 Å². The van der Waals surface area contributed by atoms with E-state index in [0.717, 1.165) is 12.0 Å². The van der Waals surface area contributed by atoms with E-state index in [1.165, 1.54) is 23.8 Å².